The van der Waals surface area contributed by atoms with E-state index in [-0.39, 0.29) is 5.78 Å². The molecule has 0 spiro atoms. The predicted molar refractivity (Wildman–Crippen MR) is 68.2 cm³/mol. The number of rotatable bonds is 4. The van der Waals surface area contributed by atoms with E-state index in [4.69, 9.17) is 4.74 Å². The molecule has 0 aliphatic rings. The smallest absolute Gasteiger partial charge is 0.303 e. The van der Waals surface area contributed by atoms with E-state index in [0.717, 1.165) is 16.5 Å². The van der Waals surface area contributed by atoms with Crippen LogP contribution in [0.1, 0.15) is 19.4 Å². The number of esters is 1. The molecule has 0 aliphatic carbocycles. The highest BCUT2D eigenvalue weighted by Crippen LogP contribution is 2.20. The molecule has 0 bridgehead atoms. The van der Waals surface area contributed by atoms with Gasteiger partial charge in [-0.15, -0.1) is 0 Å². The maximum absolute atomic E-state index is 11.5. The van der Waals surface area contributed by atoms with Gasteiger partial charge in [0.05, 0.1) is 0 Å². The van der Waals surface area contributed by atoms with Gasteiger partial charge < -0.3 is 9.72 Å². The summed E-state index contributed by atoms with van der Waals surface area (Å²) >= 11 is 0. The SMILES string of the molecule is CC(=O)OC(Cc1c[nH]c2ccccc12)C(C)=O. The maximum atomic E-state index is 11.5. The van der Waals surface area contributed by atoms with Crippen molar-refractivity contribution in [1.29, 1.82) is 0 Å². The molecule has 0 amide bonds. The number of carbonyl (C=O) groups is 2. The largest absolute Gasteiger partial charge is 0.454 e. The van der Waals surface area contributed by atoms with Crippen LogP contribution < -0.4 is 0 Å². The molecule has 0 fully saturated rings. The number of aromatic nitrogens is 1. The molecule has 18 heavy (non-hydrogen) atoms. The van der Waals surface area contributed by atoms with E-state index in [2.05, 4.69) is 4.98 Å². The average Bonchev–Trinajstić information content (AvgIpc) is 2.71. The van der Waals surface area contributed by atoms with E-state index in [1.807, 2.05) is 30.5 Å². The van der Waals surface area contributed by atoms with Gasteiger partial charge in [0.2, 0.25) is 0 Å². The molecular weight excluding hydrogens is 230 g/mol. The molecule has 1 N–H and O–H groups in total. The van der Waals surface area contributed by atoms with Crippen LogP contribution in [0.2, 0.25) is 0 Å². The first-order chi connectivity index (χ1) is 8.58. The van der Waals surface area contributed by atoms with Gasteiger partial charge in [-0.1, -0.05) is 18.2 Å². The molecule has 1 atom stereocenters. The summed E-state index contributed by atoms with van der Waals surface area (Å²) in [7, 11) is 0. The van der Waals surface area contributed by atoms with Gasteiger partial charge in [0.15, 0.2) is 11.9 Å². The molecule has 0 aliphatic heterocycles. The molecule has 94 valence electrons. The lowest BCUT2D eigenvalue weighted by atomic mass is 10.0. The van der Waals surface area contributed by atoms with Gasteiger partial charge in [-0.05, 0) is 18.6 Å². The molecule has 4 heteroatoms. The number of ketones is 1. The Morgan fingerprint density at radius 1 is 1.28 bits per heavy atom. The summed E-state index contributed by atoms with van der Waals surface area (Å²) in [6.07, 6.45) is 1.55. The summed E-state index contributed by atoms with van der Waals surface area (Å²) in [6, 6.07) is 7.82. The lowest BCUT2D eigenvalue weighted by Crippen LogP contribution is -2.26. The van der Waals surface area contributed by atoms with Gasteiger partial charge in [0.25, 0.3) is 0 Å². The number of Topliss-reactive ketones (excluding diaryl/α,β-unsaturated/α-hetero) is 1. The topological polar surface area (TPSA) is 59.2 Å². The molecule has 0 radical (unpaired) electrons. The second-order valence-corrected chi connectivity index (χ2v) is 4.27. The zero-order valence-corrected chi connectivity index (χ0v) is 10.4. The van der Waals surface area contributed by atoms with Crippen molar-refractivity contribution in [2.45, 2.75) is 26.4 Å². The van der Waals surface area contributed by atoms with Crippen LogP contribution in [0.5, 0.6) is 0 Å². The summed E-state index contributed by atoms with van der Waals surface area (Å²) in [4.78, 5) is 25.6. The van der Waals surface area contributed by atoms with Crippen LogP contribution in [0.3, 0.4) is 0 Å². The summed E-state index contributed by atoms with van der Waals surface area (Å²) in [5, 5.41) is 1.05. The molecule has 1 aromatic heterocycles. The lowest BCUT2D eigenvalue weighted by Gasteiger charge is -2.13. The number of para-hydroxylation sites is 1. The van der Waals surface area contributed by atoms with E-state index in [1.165, 1.54) is 13.8 Å². The monoisotopic (exact) mass is 245 g/mol. The van der Waals surface area contributed by atoms with Crippen LogP contribution >= 0.6 is 0 Å². The highest BCUT2D eigenvalue weighted by molar-refractivity contribution is 5.86. The fraction of sp³-hybridized carbons (Fsp3) is 0.286. The Bertz CT molecular complexity index is 585. The lowest BCUT2D eigenvalue weighted by molar-refractivity contribution is -0.152. The molecule has 0 saturated heterocycles. The zero-order chi connectivity index (χ0) is 13.1. The van der Waals surface area contributed by atoms with Gasteiger partial charge in [-0.2, -0.15) is 0 Å². The number of benzene rings is 1. The number of nitrogens with one attached hydrogen (secondary N) is 1. The van der Waals surface area contributed by atoms with E-state index in [0.29, 0.717) is 6.42 Å². The Labute approximate surface area is 105 Å². The van der Waals surface area contributed by atoms with Gasteiger partial charge in [0, 0.05) is 30.4 Å². The van der Waals surface area contributed by atoms with Crippen molar-refractivity contribution >= 4 is 22.7 Å². The normalized spacial score (nSPS) is 12.3. The van der Waals surface area contributed by atoms with Crippen LogP contribution in [0.25, 0.3) is 10.9 Å². The summed E-state index contributed by atoms with van der Waals surface area (Å²) in [6.45, 7) is 2.74. The van der Waals surface area contributed by atoms with Gasteiger partial charge in [-0.3, -0.25) is 9.59 Å². The molecule has 1 heterocycles. The Morgan fingerprint density at radius 2 is 2.00 bits per heavy atom. The minimum Gasteiger partial charge on any atom is -0.454 e. The number of ether oxygens (including phenoxy) is 1. The fourth-order valence-electron chi connectivity index (χ4n) is 1.97. The number of carbonyl (C=O) groups excluding carboxylic acids is 2. The van der Waals surface area contributed by atoms with Gasteiger partial charge in [-0.25, -0.2) is 0 Å². The first-order valence-corrected chi connectivity index (χ1v) is 5.80. The van der Waals surface area contributed by atoms with Crippen LogP contribution in [-0.2, 0) is 20.7 Å². The summed E-state index contributed by atoms with van der Waals surface area (Å²) < 4.78 is 5.03. The van der Waals surface area contributed by atoms with Crippen molar-refractivity contribution < 1.29 is 14.3 Å². The molecule has 0 saturated carbocycles. The first kappa shape index (κ1) is 12.4. The molecule has 4 nitrogen and oxygen atoms in total. The first-order valence-electron chi connectivity index (χ1n) is 5.80. The van der Waals surface area contributed by atoms with Crippen molar-refractivity contribution in [3.8, 4) is 0 Å². The standard InChI is InChI=1S/C14H15NO3/c1-9(16)14(18-10(2)17)7-11-8-15-13-6-4-3-5-12(11)13/h3-6,8,14-15H,7H2,1-2H3. The third-order valence-electron chi connectivity index (χ3n) is 2.84. The Morgan fingerprint density at radius 3 is 2.67 bits per heavy atom. The molecular formula is C14H15NO3. The van der Waals surface area contributed by atoms with Gasteiger partial charge >= 0.3 is 5.97 Å². The number of H-pyrrole nitrogens is 1. The summed E-state index contributed by atoms with van der Waals surface area (Å²) in [5.41, 5.74) is 1.99. The molecule has 1 aromatic carbocycles. The third-order valence-corrected chi connectivity index (χ3v) is 2.84. The number of aromatic amines is 1. The van der Waals surface area contributed by atoms with Crippen LogP contribution in [0.15, 0.2) is 30.5 Å². The minimum atomic E-state index is -0.707. The maximum Gasteiger partial charge on any atom is 0.303 e. The highest BCUT2D eigenvalue weighted by atomic mass is 16.5. The second-order valence-electron chi connectivity index (χ2n) is 4.27. The van der Waals surface area contributed by atoms with Gasteiger partial charge in [0.1, 0.15) is 0 Å². The molecule has 2 rings (SSSR count). The van der Waals surface area contributed by atoms with E-state index >= 15 is 0 Å². The van der Waals surface area contributed by atoms with E-state index in [1.54, 1.807) is 0 Å². The van der Waals surface area contributed by atoms with Crippen molar-refractivity contribution in [1.82, 2.24) is 4.98 Å². The van der Waals surface area contributed by atoms with Crippen LogP contribution in [-0.4, -0.2) is 22.8 Å². The molecule has 1 unspecified atom stereocenters. The van der Waals surface area contributed by atoms with Crippen molar-refractivity contribution in [2.75, 3.05) is 0 Å². The zero-order valence-electron chi connectivity index (χ0n) is 10.4. The van der Waals surface area contributed by atoms with Crippen molar-refractivity contribution in [3.05, 3.63) is 36.0 Å². The quantitative estimate of drug-likeness (QED) is 0.840. The number of hydrogen-bond donors (Lipinski definition) is 1. The average molecular weight is 245 g/mol. The Balaban J connectivity index is 2.26. The third kappa shape index (κ3) is 2.59. The van der Waals surface area contributed by atoms with Crippen LogP contribution in [0, 0.1) is 0 Å². The Kier molecular flexibility index (Phi) is 3.46. The fourth-order valence-corrected chi connectivity index (χ4v) is 1.97. The van der Waals surface area contributed by atoms with Crippen molar-refractivity contribution in [2.24, 2.45) is 0 Å². The highest BCUT2D eigenvalue weighted by Gasteiger charge is 2.19. The minimum absolute atomic E-state index is 0.143. The number of hydrogen-bond acceptors (Lipinski definition) is 3. The predicted octanol–water partition coefficient (Wildman–Crippen LogP) is 2.23. The molecule has 2 aromatic rings. The van der Waals surface area contributed by atoms with E-state index < -0.39 is 12.1 Å². The van der Waals surface area contributed by atoms with E-state index in [9.17, 15) is 9.59 Å². The van der Waals surface area contributed by atoms with Crippen LogP contribution in [0.4, 0.5) is 0 Å². The second kappa shape index (κ2) is 5.04. The number of fused-ring (bicyclic) bond motifs is 1. The summed E-state index contributed by atoms with van der Waals surface area (Å²) in [5.74, 6) is -0.578. The van der Waals surface area contributed by atoms with Crippen molar-refractivity contribution in [3.63, 3.8) is 0 Å². The Hall–Kier alpha value is -2.10.